The van der Waals surface area contributed by atoms with Gasteiger partial charge in [-0.3, -0.25) is 23.5 Å². The van der Waals surface area contributed by atoms with Crippen LogP contribution in [0.1, 0.15) is 29.0 Å². The first-order valence-electron chi connectivity index (χ1n) is 8.87. The van der Waals surface area contributed by atoms with Crippen LogP contribution in [0.5, 0.6) is 0 Å². The van der Waals surface area contributed by atoms with Gasteiger partial charge in [-0.2, -0.15) is 5.10 Å². The maximum absolute atomic E-state index is 12.7. The third kappa shape index (κ3) is 3.54. The number of ether oxygens (including phenoxy) is 1. The number of nitrogens with one attached hydrogen (secondary N) is 2. The maximum Gasteiger partial charge on any atom is 0.341 e. The lowest BCUT2D eigenvalue weighted by Crippen LogP contribution is -2.40. The molecule has 12 heteroatoms. The van der Waals surface area contributed by atoms with Gasteiger partial charge >= 0.3 is 11.7 Å². The highest BCUT2D eigenvalue weighted by atomic mass is 16.5. The maximum atomic E-state index is 12.7. The van der Waals surface area contributed by atoms with Crippen molar-refractivity contribution in [3.05, 3.63) is 60.9 Å². The van der Waals surface area contributed by atoms with Gasteiger partial charge in [0.25, 0.3) is 11.1 Å². The number of carbonyl (C=O) groups excluding carboxylic acids is 2. The fraction of sp³-hybridized carbons (Fsp3) is 0.333. The normalized spacial score (nSPS) is 12.0. The molecule has 2 aliphatic rings. The summed E-state index contributed by atoms with van der Waals surface area (Å²) in [7, 11) is 4.05. The molecule has 1 aromatic heterocycles. The van der Waals surface area contributed by atoms with E-state index in [1.807, 2.05) is 0 Å². The lowest BCUT2D eigenvalue weighted by Gasteiger charge is -2.19. The molecule has 12 nitrogen and oxygen atoms in total. The van der Waals surface area contributed by atoms with Gasteiger partial charge in [-0.15, -0.1) is 0 Å². The predicted octanol–water partition coefficient (Wildman–Crippen LogP) is -1.26. The average Bonchev–Trinajstić information content (AvgIpc) is 3.12. The molecule has 0 unspecified atom stereocenters. The first-order chi connectivity index (χ1) is 14.1. The van der Waals surface area contributed by atoms with Crippen molar-refractivity contribution in [1.29, 1.82) is 0 Å². The number of pyridine rings is 1. The minimum absolute atomic E-state index is 0.0296. The number of aromatic nitrogens is 5. The number of fused-ring (bicyclic) bond motifs is 1. The zero-order chi connectivity index (χ0) is 22.2. The third-order valence-electron chi connectivity index (χ3n) is 4.88. The minimum atomic E-state index is -0.823. The van der Waals surface area contributed by atoms with Crippen molar-refractivity contribution in [3.63, 3.8) is 0 Å². The molecule has 2 N–H and O–H groups in total. The molecular formula is C18H20N6O6. The summed E-state index contributed by atoms with van der Waals surface area (Å²) in [6.45, 7) is 1.51. The molecule has 0 saturated heterocycles. The molecule has 0 aromatic carbocycles. The van der Waals surface area contributed by atoms with Gasteiger partial charge in [0, 0.05) is 38.2 Å². The number of amides is 1. The molecule has 3 rings (SSSR count). The van der Waals surface area contributed by atoms with E-state index in [4.69, 9.17) is 4.74 Å². The van der Waals surface area contributed by atoms with Crippen LogP contribution in [0.2, 0.25) is 0 Å². The Morgan fingerprint density at radius 3 is 2.57 bits per heavy atom. The molecule has 0 aliphatic carbocycles. The van der Waals surface area contributed by atoms with Gasteiger partial charge in [0.05, 0.1) is 19.2 Å². The Bertz CT molecular complexity index is 1280. The SMILES string of the molecule is COC(=O)c1cn([C@H](C)C(=O)NCc2cc(=O)n(C)c(=O)n2C)cc2c(=O)[nH]nc1-2. The molecule has 1 aromatic rings. The Labute approximate surface area is 169 Å². The van der Waals surface area contributed by atoms with Crippen LogP contribution in [0.25, 0.3) is 11.3 Å². The summed E-state index contributed by atoms with van der Waals surface area (Å²) in [6, 6.07) is 0.437. The highest BCUT2D eigenvalue weighted by Gasteiger charge is 2.24. The molecule has 2 aliphatic heterocycles. The molecule has 0 radical (unpaired) electrons. The minimum Gasteiger partial charge on any atom is -0.465 e. The number of hydrogen-bond acceptors (Lipinski definition) is 7. The second-order valence-corrected chi connectivity index (χ2v) is 6.69. The van der Waals surface area contributed by atoms with Crippen LogP contribution in [0, 0.1) is 0 Å². The summed E-state index contributed by atoms with van der Waals surface area (Å²) >= 11 is 0. The Kier molecular flexibility index (Phi) is 5.41. The second kappa shape index (κ2) is 7.81. The number of H-pyrrole nitrogens is 1. The summed E-state index contributed by atoms with van der Waals surface area (Å²) in [5.41, 5.74) is -0.867. The lowest BCUT2D eigenvalue weighted by molar-refractivity contribution is -0.124. The van der Waals surface area contributed by atoms with E-state index in [0.717, 1.165) is 4.57 Å². The molecule has 1 amide bonds. The van der Waals surface area contributed by atoms with Gasteiger partial charge in [0.2, 0.25) is 5.91 Å². The summed E-state index contributed by atoms with van der Waals surface area (Å²) in [5.74, 6) is -1.16. The second-order valence-electron chi connectivity index (χ2n) is 6.69. The largest absolute Gasteiger partial charge is 0.465 e. The van der Waals surface area contributed by atoms with Gasteiger partial charge in [-0.05, 0) is 6.92 Å². The molecule has 0 spiro atoms. The van der Waals surface area contributed by atoms with Crippen LogP contribution in [0.15, 0.2) is 32.8 Å². The predicted molar refractivity (Wildman–Crippen MR) is 104 cm³/mol. The monoisotopic (exact) mass is 416 g/mol. The number of nitrogens with zero attached hydrogens (tertiary/aromatic N) is 4. The van der Waals surface area contributed by atoms with Crippen molar-refractivity contribution in [3.8, 4) is 11.3 Å². The van der Waals surface area contributed by atoms with Crippen molar-refractivity contribution in [2.24, 2.45) is 14.1 Å². The molecule has 0 fully saturated rings. The van der Waals surface area contributed by atoms with Crippen LogP contribution in [-0.4, -0.2) is 42.9 Å². The lowest BCUT2D eigenvalue weighted by atomic mass is 10.1. The number of esters is 1. The van der Waals surface area contributed by atoms with E-state index >= 15 is 0 Å². The van der Waals surface area contributed by atoms with Gasteiger partial charge in [0.15, 0.2) is 0 Å². The average molecular weight is 416 g/mol. The molecule has 30 heavy (non-hydrogen) atoms. The van der Waals surface area contributed by atoms with Crippen LogP contribution in [0.3, 0.4) is 0 Å². The van der Waals surface area contributed by atoms with Crippen LogP contribution in [-0.2, 0) is 30.2 Å². The first-order valence-corrected chi connectivity index (χ1v) is 8.87. The van der Waals surface area contributed by atoms with Crippen LogP contribution < -0.4 is 22.1 Å². The van der Waals surface area contributed by atoms with Crippen LogP contribution >= 0.6 is 0 Å². The van der Waals surface area contributed by atoms with E-state index in [1.165, 1.54) is 48.8 Å². The van der Waals surface area contributed by atoms with Crippen molar-refractivity contribution in [2.75, 3.05) is 7.11 Å². The number of rotatable bonds is 5. The zero-order valence-corrected chi connectivity index (χ0v) is 16.8. The van der Waals surface area contributed by atoms with Gasteiger partial charge in [-0.25, -0.2) is 14.7 Å². The Morgan fingerprint density at radius 2 is 1.90 bits per heavy atom. The van der Waals surface area contributed by atoms with E-state index in [1.54, 1.807) is 6.92 Å². The van der Waals surface area contributed by atoms with Crippen molar-refractivity contribution >= 4 is 11.9 Å². The van der Waals surface area contributed by atoms with E-state index in [0.29, 0.717) is 5.69 Å². The third-order valence-corrected chi connectivity index (χ3v) is 4.88. The van der Waals surface area contributed by atoms with Gasteiger partial charge in [0.1, 0.15) is 17.3 Å². The molecule has 3 heterocycles. The fourth-order valence-electron chi connectivity index (χ4n) is 2.95. The van der Waals surface area contributed by atoms with Crippen LogP contribution in [0.4, 0.5) is 0 Å². The summed E-state index contributed by atoms with van der Waals surface area (Å²) in [5, 5.41) is 8.74. The number of hydrogen-bond donors (Lipinski definition) is 2. The summed E-state index contributed by atoms with van der Waals surface area (Å²) in [6.07, 6.45) is 2.78. The number of methoxy groups -OCH3 is 1. The molecule has 158 valence electrons. The topological polar surface area (TPSA) is 150 Å². The highest BCUT2D eigenvalue weighted by Crippen LogP contribution is 2.22. The van der Waals surface area contributed by atoms with Gasteiger partial charge in [-0.1, -0.05) is 0 Å². The molecule has 0 bridgehead atoms. The molecular weight excluding hydrogens is 396 g/mol. The number of carbonyl (C=O) groups is 2. The van der Waals surface area contributed by atoms with E-state index in [-0.39, 0.29) is 23.4 Å². The fourth-order valence-corrected chi connectivity index (χ4v) is 2.95. The van der Waals surface area contributed by atoms with Gasteiger partial charge < -0.3 is 14.6 Å². The zero-order valence-electron chi connectivity index (χ0n) is 16.8. The van der Waals surface area contributed by atoms with Crippen molar-refractivity contribution < 1.29 is 14.3 Å². The highest BCUT2D eigenvalue weighted by molar-refractivity contribution is 5.96. The summed E-state index contributed by atoms with van der Waals surface area (Å²) < 4.78 is 8.34. The Balaban J connectivity index is 1.89. The van der Waals surface area contributed by atoms with E-state index < -0.39 is 34.7 Å². The standard InChI is InChI=1S/C18H20N6O6/c1-9(15(26)19-6-10-5-13(25)23(3)18(29)22(10)2)24-7-11-14(20-21-16(11)27)12(8-24)17(28)30-4/h5,7-9H,6H2,1-4H3,(H,19,26)(H,21,27)/t9-/m1/s1. The Morgan fingerprint density at radius 1 is 1.20 bits per heavy atom. The Hall–Kier alpha value is -3.96. The first kappa shape index (κ1) is 20.8. The van der Waals surface area contributed by atoms with Crippen molar-refractivity contribution in [1.82, 2.24) is 29.2 Å². The van der Waals surface area contributed by atoms with E-state index in [2.05, 4.69) is 15.5 Å². The molecule has 0 saturated carbocycles. The van der Waals surface area contributed by atoms with Crippen molar-refractivity contribution in [2.45, 2.75) is 19.5 Å². The quantitative estimate of drug-likeness (QED) is 0.493. The smallest absolute Gasteiger partial charge is 0.341 e. The molecule has 1 atom stereocenters. The number of aromatic amines is 1. The van der Waals surface area contributed by atoms with E-state index in [9.17, 15) is 24.0 Å². The summed E-state index contributed by atoms with van der Waals surface area (Å²) in [4.78, 5) is 60.5.